The number of benzene rings is 2. The molecule has 2 aromatic carbocycles. The molecule has 6 heteroatoms. The Morgan fingerprint density at radius 2 is 1.93 bits per heavy atom. The lowest BCUT2D eigenvalue weighted by Crippen LogP contribution is -2.50. The number of aromatic nitrogens is 1. The van der Waals surface area contributed by atoms with Crippen molar-refractivity contribution in [2.24, 2.45) is 0 Å². The van der Waals surface area contributed by atoms with E-state index in [0.29, 0.717) is 24.3 Å². The SMILES string of the molecule is COc1ccc(-c2cc(C(=O)N3CCNC(=O)C3)c3ccccc3n2)cc1. The summed E-state index contributed by atoms with van der Waals surface area (Å²) in [6.45, 7) is 1.05. The van der Waals surface area contributed by atoms with E-state index in [0.717, 1.165) is 22.2 Å². The lowest BCUT2D eigenvalue weighted by molar-refractivity contribution is -0.123. The van der Waals surface area contributed by atoms with Crippen molar-refractivity contribution in [2.45, 2.75) is 0 Å². The van der Waals surface area contributed by atoms with Gasteiger partial charge in [-0.15, -0.1) is 0 Å². The van der Waals surface area contributed by atoms with Crippen LogP contribution in [0.1, 0.15) is 10.4 Å². The van der Waals surface area contributed by atoms with Crippen LogP contribution >= 0.6 is 0 Å². The van der Waals surface area contributed by atoms with Crippen LogP contribution < -0.4 is 10.1 Å². The van der Waals surface area contributed by atoms with Gasteiger partial charge in [-0.05, 0) is 36.4 Å². The lowest BCUT2D eigenvalue weighted by Gasteiger charge is -2.27. The first-order chi connectivity index (χ1) is 13.2. The van der Waals surface area contributed by atoms with E-state index in [1.165, 1.54) is 0 Å². The molecule has 27 heavy (non-hydrogen) atoms. The molecular formula is C21H19N3O3. The molecule has 0 atom stereocenters. The molecule has 136 valence electrons. The number of amides is 2. The number of nitrogens with one attached hydrogen (secondary N) is 1. The highest BCUT2D eigenvalue weighted by molar-refractivity contribution is 6.08. The second-order valence-electron chi connectivity index (χ2n) is 6.38. The molecule has 0 aliphatic carbocycles. The number of pyridine rings is 1. The van der Waals surface area contributed by atoms with Crippen LogP contribution in [-0.4, -0.2) is 48.4 Å². The summed E-state index contributed by atoms with van der Waals surface area (Å²) < 4.78 is 5.21. The van der Waals surface area contributed by atoms with Crippen molar-refractivity contribution in [3.63, 3.8) is 0 Å². The van der Waals surface area contributed by atoms with Crippen molar-refractivity contribution < 1.29 is 14.3 Å². The third kappa shape index (κ3) is 3.33. The highest BCUT2D eigenvalue weighted by atomic mass is 16.5. The Morgan fingerprint density at radius 3 is 2.67 bits per heavy atom. The fourth-order valence-electron chi connectivity index (χ4n) is 3.24. The summed E-state index contributed by atoms with van der Waals surface area (Å²) in [5.41, 5.74) is 2.91. The number of piperazine rings is 1. The predicted molar refractivity (Wildman–Crippen MR) is 103 cm³/mol. The fraction of sp³-hybridized carbons (Fsp3) is 0.190. The Kier molecular flexibility index (Phi) is 4.46. The van der Waals surface area contributed by atoms with Gasteiger partial charge in [0, 0.05) is 24.0 Å². The second-order valence-corrected chi connectivity index (χ2v) is 6.38. The Hall–Kier alpha value is -3.41. The third-order valence-electron chi connectivity index (χ3n) is 4.66. The molecule has 0 unspecified atom stereocenters. The molecular weight excluding hydrogens is 342 g/mol. The number of nitrogens with zero attached hydrogens (tertiary/aromatic N) is 2. The summed E-state index contributed by atoms with van der Waals surface area (Å²) in [5, 5.41) is 3.53. The molecule has 0 bridgehead atoms. The van der Waals surface area contributed by atoms with Gasteiger partial charge in [-0.2, -0.15) is 0 Å². The van der Waals surface area contributed by atoms with Crippen molar-refractivity contribution >= 4 is 22.7 Å². The first kappa shape index (κ1) is 17.0. The quantitative estimate of drug-likeness (QED) is 0.778. The number of para-hydroxylation sites is 1. The van der Waals surface area contributed by atoms with E-state index in [1.807, 2.05) is 48.5 Å². The molecule has 4 rings (SSSR count). The van der Waals surface area contributed by atoms with Gasteiger partial charge in [-0.3, -0.25) is 9.59 Å². The monoisotopic (exact) mass is 361 g/mol. The normalized spacial score (nSPS) is 14.1. The Labute approximate surface area is 156 Å². The van der Waals surface area contributed by atoms with Crippen molar-refractivity contribution in [3.05, 3.63) is 60.2 Å². The van der Waals surface area contributed by atoms with E-state index in [9.17, 15) is 9.59 Å². The zero-order valence-corrected chi connectivity index (χ0v) is 14.9. The molecule has 0 radical (unpaired) electrons. The molecule has 1 fully saturated rings. The van der Waals surface area contributed by atoms with Gasteiger partial charge in [-0.25, -0.2) is 4.98 Å². The predicted octanol–water partition coefficient (Wildman–Crippen LogP) is 2.48. The van der Waals surface area contributed by atoms with E-state index in [-0.39, 0.29) is 18.4 Å². The maximum atomic E-state index is 13.1. The molecule has 0 saturated carbocycles. The van der Waals surface area contributed by atoms with Gasteiger partial charge in [0.25, 0.3) is 5.91 Å². The van der Waals surface area contributed by atoms with Gasteiger partial charge >= 0.3 is 0 Å². The van der Waals surface area contributed by atoms with Gasteiger partial charge in [0.15, 0.2) is 0 Å². The van der Waals surface area contributed by atoms with E-state index in [4.69, 9.17) is 9.72 Å². The highest BCUT2D eigenvalue weighted by Crippen LogP contribution is 2.27. The maximum Gasteiger partial charge on any atom is 0.255 e. The number of rotatable bonds is 3. The van der Waals surface area contributed by atoms with Gasteiger partial charge in [0.2, 0.25) is 5.91 Å². The zero-order valence-electron chi connectivity index (χ0n) is 14.9. The number of ether oxygens (including phenoxy) is 1. The van der Waals surface area contributed by atoms with Crippen LogP contribution in [0, 0.1) is 0 Å². The Morgan fingerprint density at radius 1 is 1.15 bits per heavy atom. The molecule has 1 N–H and O–H groups in total. The number of fused-ring (bicyclic) bond motifs is 1. The number of methoxy groups -OCH3 is 1. The molecule has 1 saturated heterocycles. The van der Waals surface area contributed by atoms with Gasteiger partial charge in [0.1, 0.15) is 5.75 Å². The average Bonchev–Trinajstić information content (AvgIpc) is 2.72. The Bertz CT molecular complexity index is 1010. The summed E-state index contributed by atoms with van der Waals surface area (Å²) in [7, 11) is 1.62. The number of carbonyl (C=O) groups excluding carboxylic acids is 2. The van der Waals surface area contributed by atoms with Crippen LogP contribution in [0.5, 0.6) is 5.75 Å². The van der Waals surface area contributed by atoms with Crippen LogP contribution in [0.2, 0.25) is 0 Å². The van der Waals surface area contributed by atoms with E-state index < -0.39 is 0 Å². The smallest absolute Gasteiger partial charge is 0.255 e. The Balaban J connectivity index is 1.80. The fourth-order valence-corrected chi connectivity index (χ4v) is 3.24. The van der Waals surface area contributed by atoms with Gasteiger partial charge in [0.05, 0.1) is 30.4 Å². The maximum absolute atomic E-state index is 13.1. The minimum absolute atomic E-state index is 0.0767. The van der Waals surface area contributed by atoms with Crippen molar-refractivity contribution in [1.29, 1.82) is 0 Å². The lowest BCUT2D eigenvalue weighted by atomic mass is 10.0. The molecule has 6 nitrogen and oxygen atoms in total. The number of carbonyl (C=O) groups is 2. The summed E-state index contributed by atoms with van der Waals surface area (Å²) >= 11 is 0. The minimum atomic E-state index is -0.154. The van der Waals surface area contributed by atoms with Crippen LogP contribution in [-0.2, 0) is 4.79 Å². The molecule has 3 aromatic rings. The number of hydrogen-bond acceptors (Lipinski definition) is 4. The van der Waals surface area contributed by atoms with E-state index in [2.05, 4.69) is 5.32 Å². The standard InChI is InChI=1S/C21H19N3O3/c1-27-15-8-6-14(7-9-15)19-12-17(16-4-2-3-5-18(16)23-19)21(26)24-11-10-22-20(25)13-24/h2-9,12H,10-11,13H2,1H3,(H,22,25). The van der Waals surface area contributed by atoms with Crippen LogP contribution in [0.4, 0.5) is 0 Å². The highest BCUT2D eigenvalue weighted by Gasteiger charge is 2.24. The average molecular weight is 361 g/mol. The summed E-state index contributed by atoms with van der Waals surface area (Å²) in [6.07, 6.45) is 0. The van der Waals surface area contributed by atoms with E-state index >= 15 is 0 Å². The first-order valence-electron chi connectivity index (χ1n) is 8.76. The zero-order chi connectivity index (χ0) is 18.8. The van der Waals surface area contributed by atoms with Crippen molar-refractivity contribution in [2.75, 3.05) is 26.7 Å². The third-order valence-corrected chi connectivity index (χ3v) is 4.66. The molecule has 1 aliphatic heterocycles. The summed E-state index contributed by atoms with van der Waals surface area (Å²) in [4.78, 5) is 31.1. The molecule has 1 aromatic heterocycles. The number of hydrogen-bond donors (Lipinski definition) is 1. The second kappa shape index (κ2) is 7.07. The molecule has 0 spiro atoms. The minimum Gasteiger partial charge on any atom is -0.497 e. The first-order valence-corrected chi connectivity index (χ1v) is 8.76. The van der Waals surface area contributed by atoms with Crippen LogP contribution in [0.25, 0.3) is 22.2 Å². The van der Waals surface area contributed by atoms with Gasteiger partial charge in [-0.1, -0.05) is 18.2 Å². The van der Waals surface area contributed by atoms with Crippen LogP contribution in [0.3, 0.4) is 0 Å². The van der Waals surface area contributed by atoms with Crippen LogP contribution in [0.15, 0.2) is 54.6 Å². The largest absolute Gasteiger partial charge is 0.497 e. The molecule has 2 amide bonds. The summed E-state index contributed by atoms with van der Waals surface area (Å²) in [6, 6.07) is 16.9. The van der Waals surface area contributed by atoms with E-state index in [1.54, 1.807) is 18.1 Å². The molecule has 2 heterocycles. The van der Waals surface area contributed by atoms with Gasteiger partial charge < -0.3 is 15.0 Å². The topological polar surface area (TPSA) is 71.5 Å². The van der Waals surface area contributed by atoms with Crippen molar-refractivity contribution in [1.82, 2.24) is 15.2 Å². The van der Waals surface area contributed by atoms with Crippen molar-refractivity contribution in [3.8, 4) is 17.0 Å². The summed E-state index contributed by atoms with van der Waals surface area (Å²) in [5.74, 6) is 0.469. The molecule has 1 aliphatic rings.